The van der Waals surface area contributed by atoms with Gasteiger partial charge in [-0.15, -0.1) is 0 Å². The maximum Gasteiger partial charge on any atom is 0.259 e. The van der Waals surface area contributed by atoms with Crippen LogP contribution in [0, 0.1) is 11.3 Å². The lowest BCUT2D eigenvalue weighted by Gasteiger charge is -2.15. The highest BCUT2D eigenvalue weighted by molar-refractivity contribution is 9.10. The number of primary amides is 1. The van der Waals surface area contributed by atoms with Crippen molar-refractivity contribution in [2.24, 2.45) is 5.73 Å². The van der Waals surface area contributed by atoms with E-state index < -0.39 is 5.91 Å². The number of nitriles is 1. The third-order valence-corrected chi connectivity index (χ3v) is 4.17. The Hall–Kier alpha value is -2.49. The molecule has 0 unspecified atom stereocenters. The van der Waals surface area contributed by atoms with E-state index in [0.717, 1.165) is 5.56 Å². The van der Waals surface area contributed by atoms with E-state index in [0.29, 0.717) is 39.8 Å². The van der Waals surface area contributed by atoms with Gasteiger partial charge in [0.1, 0.15) is 18.2 Å². The molecule has 0 heterocycles. The largest absolute Gasteiger partial charge is 0.490 e. The molecule has 0 fully saturated rings. The lowest BCUT2D eigenvalue weighted by molar-refractivity contribution is -0.114. The Kier molecular flexibility index (Phi) is 7.07. The maximum absolute atomic E-state index is 11.2. The first kappa shape index (κ1) is 19.8. The summed E-state index contributed by atoms with van der Waals surface area (Å²) in [6.45, 7) is 2.61. The number of nitrogens with zero attached hydrogens (tertiary/aromatic N) is 1. The van der Waals surface area contributed by atoms with Crippen LogP contribution in [0.2, 0.25) is 5.02 Å². The van der Waals surface area contributed by atoms with Crippen LogP contribution >= 0.6 is 27.5 Å². The monoisotopic (exact) mass is 434 g/mol. The zero-order valence-corrected chi connectivity index (χ0v) is 16.3. The molecule has 2 rings (SSSR count). The minimum atomic E-state index is -0.787. The van der Waals surface area contributed by atoms with Crippen molar-refractivity contribution in [1.29, 1.82) is 5.26 Å². The molecule has 0 saturated carbocycles. The number of nitrogens with two attached hydrogens (primary N) is 1. The minimum absolute atomic E-state index is 0.144. The molecule has 1 amide bonds. The van der Waals surface area contributed by atoms with Gasteiger partial charge in [-0.3, -0.25) is 4.79 Å². The van der Waals surface area contributed by atoms with Crippen molar-refractivity contribution in [1.82, 2.24) is 0 Å². The molecule has 2 aromatic rings. The van der Waals surface area contributed by atoms with Crippen molar-refractivity contribution < 1.29 is 14.3 Å². The van der Waals surface area contributed by atoms with Gasteiger partial charge < -0.3 is 15.2 Å². The maximum atomic E-state index is 11.2. The Morgan fingerprint density at radius 3 is 2.58 bits per heavy atom. The number of carbonyl (C=O) groups excluding carboxylic acids is 1. The Balaban J connectivity index is 2.32. The second-order valence-electron chi connectivity index (χ2n) is 5.21. The van der Waals surface area contributed by atoms with Crippen molar-refractivity contribution >= 4 is 39.5 Å². The first-order valence-electron chi connectivity index (χ1n) is 7.69. The highest BCUT2D eigenvalue weighted by Crippen LogP contribution is 2.38. The van der Waals surface area contributed by atoms with E-state index in [-0.39, 0.29) is 5.57 Å². The van der Waals surface area contributed by atoms with Crippen LogP contribution in [0.3, 0.4) is 0 Å². The van der Waals surface area contributed by atoms with Crippen LogP contribution in [0.15, 0.2) is 46.4 Å². The molecule has 2 aromatic carbocycles. The number of carbonyl (C=O) groups is 1. The molecular formula is C19H16BrClN2O3. The first-order valence-corrected chi connectivity index (χ1v) is 8.87. The fraction of sp³-hybridized carbons (Fsp3) is 0.158. The van der Waals surface area contributed by atoms with Gasteiger partial charge in [-0.05, 0) is 64.3 Å². The number of benzene rings is 2. The Labute approximate surface area is 165 Å². The molecule has 0 saturated heterocycles. The highest BCUT2D eigenvalue weighted by Gasteiger charge is 2.13. The van der Waals surface area contributed by atoms with Gasteiger partial charge in [0.15, 0.2) is 11.5 Å². The summed E-state index contributed by atoms with van der Waals surface area (Å²) in [6, 6.07) is 12.5. The van der Waals surface area contributed by atoms with Crippen molar-refractivity contribution in [3.63, 3.8) is 0 Å². The molecule has 0 spiro atoms. The van der Waals surface area contributed by atoms with Crippen molar-refractivity contribution in [3.8, 4) is 17.6 Å². The van der Waals surface area contributed by atoms with Crippen molar-refractivity contribution in [2.75, 3.05) is 6.61 Å². The molecule has 26 heavy (non-hydrogen) atoms. The van der Waals surface area contributed by atoms with Crippen LogP contribution in [-0.4, -0.2) is 12.5 Å². The van der Waals surface area contributed by atoms with Gasteiger partial charge in [0.05, 0.1) is 11.1 Å². The zero-order chi connectivity index (χ0) is 19.1. The second-order valence-corrected chi connectivity index (χ2v) is 6.50. The molecule has 5 nitrogen and oxygen atoms in total. The smallest absolute Gasteiger partial charge is 0.259 e. The quantitative estimate of drug-likeness (QED) is 0.513. The Bertz CT molecular complexity index is 874. The molecule has 0 atom stereocenters. The Morgan fingerprint density at radius 1 is 1.31 bits per heavy atom. The fourth-order valence-electron chi connectivity index (χ4n) is 2.14. The summed E-state index contributed by atoms with van der Waals surface area (Å²) >= 11 is 9.33. The number of amides is 1. The lowest BCUT2D eigenvalue weighted by atomic mass is 10.1. The van der Waals surface area contributed by atoms with Crippen LogP contribution < -0.4 is 15.2 Å². The van der Waals surface area contributed by atoms with Crippen LogP contribution in [0.4, 0.5) is 0 Å². The first-order chi connectivity index (χ1) is 12.4. The van der Waals surface area contributed by atoms with Gasteiger partial charge in [0.25, 0.3) is 5.91 Å². The molecule has 0 aliphatic heterocycles. The van der Waals surface area contributed by atoms with Crippen LogP contribution in [0.1, 0.15) is 18.1 Å². The van der Waals surface area contributed by atoms with Gasteiger partial charge in [-0.1, -0.05) is 23.7 Å². The molecule has 0 aliphatic carbocycles. The van der Waals surface area contributed by atoms with Crippen LogP contribution in [0.5, 0.6) is 11.5 Å². The molecule has 0 bridgehead atoms. The number of hydrogen-bond acceptors (Lipinski definition) is 4. The number of halogens is 2. The summed E-state index contributed by atoms with van der Waals surface area (Å²) in [6.07, 6.45) is 1.40. The normalized spacial score (nSPS) is 10.9. The highest BCUT2D eigenvalue weighted by atomic mass is 79.9. The third kappa shape index (κ3) is 5.25. The Morgan fingerprint density at radius 2 is 2.00 bits per heavy atom. The summed E-state index contributed by atoms with van der Waals surface area (Å²) in [4.78, 5) is 11.2. The SMILES string of the molecule is CCOc1cc(C=C(C#N)C(N)=O)cc(Br)c1OCc1ccc(Cl)cc1. The standard InChI is InChI=1S/C19H16BrClN2O3/c1-2-25-17-9-13(7-14(10-22)19(23)24)8-16(20)18(17)26-11-12-3-5-15(21)6-4-12/h3-9H,2,11H2,1H3,(H2,23,24). The van der Waals surface area contributed by atoms with E-state index in [1.165, 1.54) is 6.08 Å². The zero-order valence-electron chi connectivity index (χ0n) is 14.0. The average molecular weight is 436 g/mol. The van der Waals surface area contributed by atoms with Gasteiger partial charge in [-0.25, -0.2) is 0 Å². The summed E-state index contributed by atoms with van der Waals surface area (Å²) in [5.41, 5.74) is 6.58. The molecule has 0 radical (unpaired) electrons. The van der Waals surface area contributed by atoms with E-state index in [2.05, 4.69) is 15.9 Å². The summed E-state index contributed by atoms with van der Waals surface area (Å²) in [7, 11) is 0. The van der Waals surface area contributed by atoms with Gasteiger partial charge >= 0.3 is 0 Å². The molecular weight excluding hydrogens is 420 g/mol. The van der Waals surface area contributed by atoms with Gasteiger partial charge in [0, 0.05) is 5.02 Å². The van der Waals surface area contributed by atoms with Crippen LogP contribution in [-0.2, 0) is 11.4 Å². The summed E-state index contributed by atoms with van der Waals surface area (Å²) in [5, 5.41) is 9.64. The third-order valence-electron chi connectivity index (χ3n) is 3.33. The number of ether oxygens (including phenoxy) is 2. The summed E-state index contributed by atoms with van der Waals surface area (Å²) < 4.78 is 12.2. The molecule has 0 aliphatic rings. The molecule has 7 heteroatoms. The van der Waals surface area contributed by atoms with Crippen molar-refractivity contribution in [3.05, 3.63) is 62.6 Å². The van der Waals surface area contributed by atoms with E-state index in [1.54, 1.807) is 30.3 Å². The molecule has 134 valence electrons. The van der Waals surface area contributed by atoms with E-state index in [9.17, 15) is 4.79 Å². The number of hydrogen-bond donors (Lipinski definition) is 1. The van der Waals surface area contributed by atoms with Gasteiger partial charge in [-0.2, -0.15) is 5.26 Å². The van der Waals surface area contributed by atoms with Gasteiger partial charge in [0.2, 0.25) is 0 Å². The predicted octanol–water partition coefficient (Wildman–Crippen LogP) is 4.47. The average Bonchev–Trinajstić information content (AvgIpc) is 2.60. The topological polar surface area (TPSA) is 85.3 Å². The van der Waals surface area contributed by atoms with Crippen LogP contribution in [0.25, 0.3) is 6.08 Å². The second kappa shape index (κ2) is 9.27. The van der Waals surface area contributed by atoms with E-state index >= 15 is 0 Å². The van der Waals surface area contributed by atoms with E-state index in [4.69, 9.17) is 32.1 Å². The molecule has 0 aromatic heterocycles. The molecule has 2 N–H and O–H groups in total. The number of rotatable bonds is 7. The van der Waals surface area contributed by atoms with E-state index in [1.807, 2.05) is 19.1 Å². The predicted molar refractivity (Wildman–Crippen MR) is 104 cm³/mol. The van der Waals surface area contributed by atoms with Crippen molar-refractivity contribution in [2.45, 2.75) is 13.5 Å². The fourth-order valence-corrected chi connectivity index (χ4v) is 2.84. The minimum Gasteiger partial charge on any atom is -0.490 e. The summed E-state index contributed by atoms with van der Waals surface area (Å²) in [5.74, 6) is 0.227. The lowest BCUT2D eigenvalue weighted by Crippen LogP contribution is -2.12.